The van der Waals surface area contributed by atoms with Crippen LogP contribution in [0, 0.1) is 0 Å². The number of aliphatic imine (C=N–C) groups is 1. The molecule has 0 bridgehead atoms. The maximum Gasteiger partial charge on any atom is 0.146 e. The molecule has 6 rings (SSSR count). The highest BCUT2D eigenvalue weighted by molar-refractivity contribution is 8.01. The van der Waals surface area contributed by atoms with E-state index in [0.29, 0.717) is 12.3 Å². The van der Waals surface area contributed by atoms with Crippen LogP contribution in [-0.4, -0.2) is 5.84 Å². The number of hydrogen-bond acceptors (Lipinski definition) is 4. The minimum absolute atomic E-state index is 0.391. The lowest BCUT2D eigenvalue weighted by Crippen LogP contribution is -2.20. The first kappa shape index (κ1) is 43.2. The Morgan fingerprint density at radius 2 is 1.60 bits per heavy atom. The van der Waals surface area contributed by atoms with Crippen LogP contribution in [0.1, 0.15) is 74.5 Å². The van der Waals surface area contributed by atoms with Gasteiger partial charge in [-0.3, -0.25) is 0 Å². The zero-order valence-electron chi connectivity index (χ0n) is 35.2. The van der Waals surface area contributed by atoms with Crippen molar-refractivity contribution in [1.82, 2.24) is 4.72 Å². The van der Waals surface area contributed by atoms with E-state index in [-0.39, 0.29) is 0 Å². The third-order valence-electron chi connectivity index (χ3n) is 10.1. The summed E-state index contributed by atoms with van der Waals surface area (Å²) in [4.78, 5) is 6.08. The minimum Gasteiger partial charge on any atom is -0.455 e. The van der Waals surface area contributed by atoms with Crippen LogP contribution in [0.2, 0.25) is 0 Å². The van der Waals surface area contributed by atoms with Crippen LogP contribution < -0.4 is 10.5 Å². The molecule has 302 valence electrons. The second-order valence-electron chi connectivity index (χ2n) is 14.5. The summed E-state index contributed by atoms with van der Waals surface area (Å²) < 4.78 is 9.95. The van der Waals surface area contributed by atoms with Gasteiger partial charge in [0, 0.05) is 15.7 Å². The summed E-state index contributed by atoms with van der Waals surface area (Å²) in [5, 5.41) is 2.06. The largest absolute Gasteiger partial charge is 0.455 e. The predicted molar refractivity (Wildman–Crippen MR) is 263 cm³/mol. The van der Waals surface area contributed by atoms with Crippen molar-refractivity contribution in [2.24, 2.45) is 10.7 Å². The fourth-order valence-electron chi connectivity index (χ4n) is 7.27. The molecule has 1 unspecified atom stereocenters. The highest BCUT2D eigenvalue weighted by atomic mass is 32.2. The number of benzene rings is 5. The van der Waals surface area contributed by atoms with Gasteiger partial charge in [0.1, 0.15) is 23.2 Å². The van der Waals surface area contributed by atoms with Crippen LogP contribution in [0.25, 0.3) is 44.2 Å². The number of rotatable bonds is 18. The Kier molecular flexibility index (Phi) is 15.5. The zero-order valence-corrected chi connectivity index (χ0v) is 36.0. The van der Waals surface area contributed by atoms with E-state index in [4.69, 9.17) is 15.1 Å². The van der Waals surface area contributed by atoms with Crippen LogP contribution in [0.4, 0.5) is 0 Å². The Morgan fingerprint density at radius 1 is 0.867 bits per heavy atom. The number of fused-ring (bicyclic) bond motifs is 3. The number of allylic oxidation sites excluding steroid dienone is 13. The lowest BCUT2D eigenvalue weighted by atomic mass is 9.85. The predicted octanol–water partition coefficient (Wildman–Crippen LogP) is 15.1. The van der Waals surface area contributed by atoms with Gasteiger partial charge in [0.15, 0.2) is 0 Å². The van der Waals surface area contributed by atoms with Gasteiger partial charge >= 0.3 is 0 Å². The summed E-state index contributed by atoms with van der Waals surface area (Å²) in [6.07, 6.45) is 23.5. The molecule has 0 aliphatic carbocycles. The maximum absolute atomic E-state index is 6.85. The van der Waals surface area contributed by atoms with Crippen molar-refractivity contribution in [3.05, 3.63) is 227 Å². The Bertz CT molecular complexity index is 2650. The number of hydrogen-bond donors (Lipinski definition) is 2. The van der Waals surface area contributed by atoms with Gasteiger partial charge in [-0.2, -0.15) is 0 Å². The molecule has 0 radical (unpaired) electrons. The molecule has 0 fully saturated rings. The molecule has 60 heavy (non-hydrogen) atoms. The summed E-state index contributed by atoms with van der Waals surface area (Å²) in [5.41, 5.74) is 19.6. The van der Waals surface area contributed by atoms with Crippen LogP contribution in [-0.2, 0) is 6.42 Å². The molecule has 3 N–H and O–H groups in total. The van der Waals surface area contributed by atoms with E-state index in [1.165, 1.54) is 45.3 Å². The Balaban J connectivity index is 1.38. The fourth-order valence-corrected chi connectivity index (χ4v) is 8.13. The first-order valence-corrected chi connectivity index (χ1v) is 21.4. The molecule has 0 saturated heterocycles. The Morgan fingerprint density at radius 3 is 2.32 bits per heavy atom. The number of nitrogens with zero attached hydrogens (tertiary/aromatic N) is 1. The molecule has 5 heteroatoms. The lowest BCUT2D eigenvalue weighted by molar-refractivity contribution is 0.667. The number of furan rings is 1. The van der Waals surface area contributed by atoms with E-state index < -0.39 is 6.17 Å². The quantitative estimate of drug-likeness (QED) is 0.0393. The van der Waals surface area contributed by atoms with E-state index in [2.05, 4.69) is 154 Å². The van der Waals surface area contributed by atoms with Crippen molar-refractivity contribution < 1.29 is 4.42 Å². The van der Waals surface area contributed by atoms with Crippen molar-refractivity contribution in [3.8, 4) is 11.1 Å². The SMILES string of the molecule is C=C/C=C\C(=C/C)c1cc(/C(=C/C=C\C)CCC)c(C/C=C\C(=C/C(=C)C)SNC(N=C(N)c2cccc3c2oc2ccccc23)c2ccccc2)c(-c2ccccc2)c1. The monoisotopic (exact) mass is 805 g/mol. The smallest absolute Gasteiger partial charge is 0.146 e. The average Bonchev–Trinajstić information content (AvgIpc) is 3.66. The molecular weight excluding hydrogens is 751 g/mol. The standard InChI is InChI=1S/C55H55N3OS/c1-7-11-24-40(10-4)44-37-50(41(23-9-3)25-12-8-2)46(51(38-44)42-26-15-13-16-27-42)32-21-30-45(36-39(5)6)60-58-55(43-28-17-14-18-29-43)57-54(56)49-34-22-33-48-47-31-19-20-35-52(47)59-53(48)49/h7-8,10-22,24-31,33-38,55,58H,1,5,9,23,32H2,2-4,6H3,(H2,56,57)/b12-8-,24-11-,30-21-,40-10+,41-25+,45-36+. The third kappa shape index (κ3) is 10.8. The van der Waals surface area contributed by atoms with Gasteiger partial charge in [-0.25, -0.2) is 9.71 Å². The van der Waals surface area contributed by atoms with Gasteiger partial charge in [-0.1, -0.05) is 178 Å². The molecule has 1 aromatic heterocycles. The van der Waals surface area contributed by atoms with Crippen molar-refractivity contribution in [3.63, 3.8) is 0 Å². The zero-order chi connectivity index (χ0) is 42.3. The topological polar surface area (TPSA) is 63.5 Å². The van der Waals surface area contributed by atoms with Crippen LogP contribution in [0.3, 0.4) is 0 Å². The van der Waals surface area contributed by atoms with Crippen molar-refractivity contribution in [2.75, 3.05) is 0 Å². The molecule has 1 atom stereocenters. The first-order valence-electron chi connectivity index (χ1n) is 20.6. The van der Waals surface area contributed by atoms with E-state index in [9.17, 15) is 0 Å². The van der Waals surface area contributed by atoms with E-state index in [1.807, 2.05) is 67.6 Å². The second-order valence-corrected chi connectivity index (χ2v) is 15.5. The lowest BCUT2D eigenvalue weighted by Gasteiger charge is -2.20. The van der Waals surface area contributed by atoms with Crippen LogP contribution in [0.5, 0.6) is 0 Å². The molecule has 6 aromatic rings. The van der Waals surface area contributed by atoms with E-state index >= 15 is 0 Å². The van der Waals surface area contributed by atoms with Gasteiger partial charge in [0.2, 0.25) is 0 Å². The van der Waals surface area contributed by atoms with E-state index in [1.54, 1.807) is 0 Å². The van der Waals surface area contributed by atoms with E-state index in [0.717, 1.165) is 62.0 Å². The molecule has 1 heterocycles. The summed E-state index contributed by atoms with van der Waals surface area (Å²) >= 11 is 1.51. The first-order chi connectivity index (χ1) is 29.3. The Hall–Kier alpha value is -6.40. The molecule has 0 amide bonds. The van der Waals surface area contributed by atoms with Gasteiger partial charge < -0.3 is 10.2 Å². The molecule has 0 aliphatic heterocycles. The summed E-state index contributed by atoms with van der Waals surface area (Å²) in [7, 11) is 0. The maximum atomic E-state index is 6.85. The molecule has 0 spiro atoms. The minimum atomic E-state index is -0.453. The molecule has 0 aliphatic rings. The van der Waals surface area contributed by atoms with Crippen LogP contribution >= 0.6 is 11.9 Å². The highest BCUT2D eigenvalue weighted by Crippen LogP contribution is 2.37. The van der Waals surface area contributed by atoms with Crippen molar-refractivity contribution in [2.45, 2.75) is 53.1 Å². The summed E-state index contributed by atoms with van der Waals surface area (Å²) in [5.74, 6) is 0.391. The van der Waals surface area contributed by atoms with Crippen molar-refractivity contribution >= 4 is 50.9 Å². The summed E-state index contributed by atoms with van der Waals surface area (Å²) in [6.45, 7) is 16.6. The molecule has 0 saturated carbocycles. The number of nitrogens with two attached hydrogens (primary N) is 1. The van der Waals surface area contributed by atoms with Gasteiger partial charge in [0.25, 0.3) is 0 Å². The van der Waals surface area contributed by atoms with Gasteiger partial charge in [-0.05, 0) is 120 Å². The molecule has 5 aromatic carbocycles. The summed E-state index contributed by atoms with van der Waals surface area (Å²) in [6, 6.07) is 39.7. The normalized spacial score (nSPS) is 13.7. The Labute approximate surface area is 360 Å². The number of para-hydroxylation sites is 2. The van der Waals surface area contributed by atoms with Gasteiger partial charge in [-0.15, -0.1) is 0 Å². The highest BCUT2D eigenvalue weighted by Gasteiger charge is 2.18. The van der Waals surface area contributed by atoms with Gasteiger partial charge in [0.05, 0.1) is 5.56 Å². The average molecular weight is 806 g/mol. The number of nitrogens with one attached hydrogen (secondary N) is 1. The molecule has 4 nitrogen and oxygen atoms in total. The molecular formula is C55H55N3OS. The number of amidine groups is 1. The van der Waals surface area contributed by atoms with Crippen LogP contribution in [0.15, 0.2) is 209 Å². The second kappa shape index (κ2) is 21.6. The third-order valence-corrected chi connectivity index (χ3v) is 10.9. The van der Waals surface area contributed by atoms with Crippen molar-refractivity contribution in [1.29, 1.82) is 0 Å². The fraction of sp³-hybridized carbons (Fsp3) is 0.145.